The number of carbonyl (C=O) groups excluding carboxylic acids is 2. The minimum Gasteiger partial charge on any atom is -0.362 e. The third kappa shape index (κ3) is 4.42. The van der Waals surface area contributed by atoms with Crippen LogP contribution in [0.4, 0.5) is 11.4 Å². The van der Waals surface area contributed by atoms with Gasteiger partial charge >= 0.3 is 0 Å². The second kappa shape index (κ2) is 7.54. The molecular weight excluding hydrogens is 278 g/mol. The summed E-state index contributed by atoms with van der Waals surface area (Å²) in [6.45, 7) is 0. The molecule has 2 aromatic rings. The van der Waals surface area contributed by atoms with Crippen LogP contribution in [-0.4, -0.2) is 17.4 Å². The van der Waals surface area contributed by atoms with E-state index >= 15 is 0 Å². The standard InChI is InChI=1S/C17H15N3O2/c18-16(17(22)20-14-9-5-2-6-10-14)15(21)11-12-19-13-7-3-1-4-8-13/h1-12,18-19H,(H,20,22)/b12-11-,18-16?. The number of para-hydroxylation sites is 2. The predicted molar refractivity (Wildman–Crippen MR) is 87.0 cm³/mol. The summed E-state index contributed by atoms with van der Waals surface area (Å²) in [4.78, 5) is 23.5. The van der Waals surface area contributed by atoms with Crippen molar-refractivity contribution in [2.75, 3.05) is 10.6 Å². The molecule has 0 aromatic heterocycles. The van der Waals surface area contributed by atoms with E-state index in [1.165, 1.54) is 6.20 Å². The Morgan fingerprint density at radius 1 is 0.864 bits per heavy atom. The van der Waals surface area contributed by atoms with Crippen LogP contribution in [0.5, 0.6) is 0 Å². The van der Waals surface area contributed by atoms with Gasteiger partial charge in [-0.3, -0.25) is 15.0 Å². The van der Waals surface area contributed by atoms with E-state index in [9.17, 15) is 9.59 Å². The molecule has 0 aliphatic carbocycles. The van der Waals surface area contributed by atoms with Crippen LogP contribution in [0.15, 0.2) is 72.9 Å². The molecule has 0 bridgehead atoms. The number of anilines is 2. The van der Waals surface area contributed by atoms with Gasteiger partial charge in [-0.05, 0) is 24.3 Å². The molecular formula is C17H15N3O2. The van der Waals surface area contributed by atoms with Crippen LogP contribution < -0.4 is 10.6 Å². The highest BCUT2D eigenvalue weighted by molar-refractivity contribution is 6.68. The molecule has 0 saturated heterocycles. The summed E-state index contributed by atoms with van der Waals surface area (Å²) in [5.74, 6) is -1.41. The average Bonchev–Trinajstić information content (AvgIpc) is 2.56. The van der Waals surface area contributed by atoms with Crippen molar-refractivity contribution in [1.82, 2.24) is 0 Å². The summed E-state index contributed by atoms with van der Waals surface area (Å²) in [6, 6.07) is 17.9. The predicted octanol–water partition coefficient (Wildman–Crippen LogP) is 2.84. The van der Waals surface area contributed by atoms with Crippen molar-refractivity contribution in [3.63, 3.8) is 0 Å². The van der Waals surface area contributed by atoms with Crippen LogP contribution in [0.3, 0.4) is 0 Å². The maximum atomic E-state index is 11.8. The molecule has 110 valence electrons. The fraction of sp³-hybridized carbons (Fsp3) is 0. The number of carbonyl (C=O) groups is 2. The Morgan fingerprint density at radius 2 is 1.41 bits per heavy atom. The summed E-state index contributed by atoms with van der Waals surface area (Å²) in [6.07, 6.45) is 2.56. The van der Waals surface area contributed by atoms with Crippen molar-refractivity contribution in [2.24, 2.45) is 0 Å². The molecule has 5 heteroatoms. The van der Waals surface area contributed by atoms with Gasteiger partial charge in [0.05, 0.1) is 0 Å². The van der Waals surface area contributed by atoms with Crippen molar-refractivity contribution in [3.05, 3.63) is 72.9 Å². The van der Waals surface area contributed by atoms with Gasteiger partial charge in [-0.1, -0.05) is 36.4 Å². The molecule has 0 saturated carbocycles. The molecule has 5 nitrogen and oxygen atoms in total. The fourth-order valence-corrected chi connectivity index (χ4v) is 1.66. The minimum absolute atomic E-state index is 0.538. The number of nitrogens with one attached hydrogen (secondary N) is 3. The molecule has 2 aromatic carbocycles. The van der Waals surface area contributed by atoms with Crippen molar-refractivity contribution in [3.8, 4) is 0 Å². The van der Waals surface area contributed by atoms with Crippen LogP contribution in [-0.2, 0) is 9.59 Å². The first-order chi connectivity index (χ1) is 10.7. The zero-order valence-electron chi connectivity index (χ0n) is 11.7. The van der Waals surface area contributed by atoms with Crippen molar-refractivity contribution >= 4 is 28.8 Å². The van der Waals surface area contributed by atoms with E-state index in [1.807, 2.05) is 36.4 Å². The van der Waals surface area contributed by atoms with Gasteiger partial charge in [0, 0.05) is 23.7 Å². The molecule has 0 fully saturated rings. The van der Waals surface area contributed by atoms with Gasteiger partial charge < -0.3 is 10.6 Å². The smallest absolute Gasteiger partial charge is 0.277 e. The van der Waals surface area contributed by atoms with E-state index in [4.69, 9.17) is 5.41 Å². The number of benzene rings is 2. The molecule has 0 unspecified atom stereocenters. The fourth-order valence-electron chi connectivity index (χ4n) is 1.66. The van der Waals surface area contributed by atoms with Crippen molar-refractivity contribution in [1.29, 1.82) is 5.41 Å². The molecule has 0 radical (unpaired) electrons. The van der Waals surface area contributed by atoms with Crippen LogP contribution in [0.1, 0.15) is 0 Å². The van der Waals surface area contributed by atoms with Gasteiger partial charge in [0.15, 0.2) is 5.71 Å². The van der Waals surface area contributed by atoms with E-state index < -0.39 is 17.4 Å². The molecule has 0 heterocycles. The lowest BCUT2D eigenvalue weighted by Crippen LogP contribution is -2.28. The normalized spacial score (nSPS) is 10.2. The Balaban J connectivity index is 1.89. The molecule has 22 heavy (non-hydrogen) atoms. The summed E-state index contributed by atoms with van der Waals surface area (Å²) in [5, 5.41) is 13.0. The number of hydrogen-bond donors (Lipinski definition) is 3. The Morgan fingerprint density at radius 3 is 2.00 bits per heavy atom. The van der Waals surface area contributed by atoms with Crippen LogP contribution in [0.2, 0.25) is 0 Å². The van der Waals surface area contributed by atoms with E-state index in [1.54, 1.807) is 24.3 Å². The molecule has 0 aliphatic rings. The first-order valence-electron chi connectivity index (χ1n) is 6.64. The van der Waals surface area contributed by atoms with Gasteiger partial charge in [0.1, 0.15) is 0 Å². The maximum absolute atomic E-state index is 11.8. The number of rotatable bonds is 6. The number of amides is 1. The van der Waals surface area contributed by atoms with Crippen LogP contribution in [0, 0.1) is 5.41 Å². The molecule has 2 rings (SSSR count). The SMILES string of the molecule is N=C(C(=O)/C=C\Nc1ccccc1)C(=O)Nc1ccccc1. The maximum Gasteiger partial charge on any atom is 0.277 e. The van der Waals surface area contributed by atoms with Crippen LogP contribution in [0.25, 0.3) is 0 Å². The third-order valence-electron chi connectivity index (χ3n) is 2.76. The second-order valence-electron chi connectivity index (χ2n) is 4.40. The first-order valence-corrected chi connectivity index (χ1v) is 6.64. The summed E-state index contributed by atoms with van der Waals surface area (Å²) < 4.78 is 0. The minimum atomic E-state index is -0.736. The monoisotopic (exact) mass is 293 g/mol. The first kappa shape index (κ1) is 15.2. The molecule has 3 N–H and O–H groups in total. The summed E-state index contributed by atoms with van der Waals surface area (Å²) >= 11 is 0. The van der Waals surface area contributed by atoms with Gasteiger partial charge in [-0.15, -0.1) is 0 Å². The number of hydrogen-bond acceptors (Lipinski definition) is 4. The molecule has 1 amide bonds. The third-order valence-corrected chi connectivity index (χ3v) is 2.76. The second-order valence-corrected chi connectivity index (χ2v) is 4.40. The van der Waals surface area contributed by atoms with E-state index in [2.05, 4.69) is 10.6 Å². The Hall–Kier alpha value is -3.21. The summed E-state index contributed by atoms with van der Waals surface area (Å²) in [5.41, 5.74) is 0.734. The topological polar surface area (TPSA) is 82.1 Å². The van der Waals surface area contributed by atoms with E-state index in [0.29, 0.717) is 5.69 Å². The Labute approximate surface area is 128 Å². The zero-order valence-corrected chi connectivity index (χ0v) is 11.7. The van der Waals surface area contributed by atoms with Crippen LogP contribution >= 0.6 is 0 Å². The highest BCUT2D eigenvalue weighted by Crippen LogP contribution is 2.06. The van der Waals surface area contributed by atoms with Crippen molar-refractivity contribution < 1.29 is 9.59 Å². The quantitative estimate of drug-likeness (QED) is 0.435. The average molecular weight is 293 g/mol. The van der Waals surface area contributed by atoms with Gasteiger partial charge in [0.25, 0.3) is 5.91 Å². The van der Waals surface area contributed by atoms with E-state index in [0.717, 1.165) is 11.8 Å². The summed E-state index contributed by atoms with van der Waals surface area (Å²) in [7, 11) is 0. The van der Waals surface area contributed by atoms with Gasteiger partial charge in [0.2, 0.25) is 5.78 Å². The van der Waals surface area contributed by atoms with E-state index in [-0.39, 0.29) is 0 Å². The lowest BCUT2D eigenvalue weighted by atomic mass is 10.2. The number of allylic oxidation sites excluding steroid dienone is 1. The van der Waals surface area contributed by atoms with Crippen molar-refractivity contribution in [2.45, 2.75) is 0 Å². The Bertz CT molecular complexity index is 694. The zero-order chi connectivity index (χ0) is 15.8. The van der Waals surface area contributed by atoms with Gasteiger partial charge in [-0.25, -0.2) is 0 Å². The highest BCUT2D eigenvalue weighted by atomic mass is 16.2. The molecule has 0 atom stereocenters. The lowest BCUT2D eigenvalue weighted by Gasteiger charge is -2.04. The lowest BCUT2D eigenvalue weighted by molar-refractivity contribution is -0.113. The largest absolute Gasteiger partial charge is 0.362 e. The van der Waals surface area contributed by atoms with Gasteiger partial charge in [-0.2, -0.15) is 0 Å². The molecule has 0 aliphatic heterocycles. The molecule has 0 spiro atoms. The number of ketones is 1. The Kier molecular flexibility index (Phi) is 5.20. The highest BCUT2D eigenvalue weighted by Gasteiger charge is 2.15.